The number of aromatic nitrogens is 3. The number of nitrogens with zero attached hydrogens (tertiary/aromatic N) is 4. The zero-order valence-electron chi connectivity index (χ0n) is 15.0. The molecule has 0 spiro atoms. The predicted octanol–water partition coefficient (Wildman–Crippen LogP) is 5.17. The number of thiazole rings is 1. The highest BCUT2D eigenvalue weighted by molar-refractivity contribution is 7.98. The summed E-state index contributed by atoms with van der Waals surface area (Å²) < 4.78 is 5.71. The Morgan fingerprint density at radius 2 is 1.79 bits per heavy atom. The summed E-state index contributed by atoms with van der Waals surface area (Å²) >= 11 is 2.85. The van der Waals surface area contributed by atoms with Gasteiger partial charge in [0.1, 0.15) is 0 Å². The van der Waals surface area contributed by atoms with Gasteiger partial charge in [0, 0.05) is 23.6 Å². The van der Waals surface area contributed by atoms with Crippen LogP contribution < -0.4 is 4.90 Å². The number of rotatable bonds is 6. The standard InChI is InChI=1S/C20H16N4O2S2/c1-14(25)24(17-10-6-3-7-11-17)19-21-16(12-27-19)13-28-20-23-22-18(26-20)15-8-4-2-5-9-15/h2-12H,13H2,1H3. The van der Waals surface area contributed by atoms with Crippen LogP contribution in [0.3, 0.4) is 0 Å². The smallest absolute Gasteiger partial charge is 0.277 e. The molecule has 140 valence electrons. The van der Waals surface area contributed by atoms with Gasteiger partial charge in [0.05, 0.1) is 11.4 Å². The molecule has 0 aliphatic rings. The summed E-state index contributed by atoms with van der Waals surface area (Å²) in [6.07, 6.45) is 0. The number of hydrogen-bond donors (Lipinski definition) is 0. The molecule has 0 fully saturated rings. The third-order valence-electron chi connectivity index (χ3n) is 3.83. The maximum absolute atomic E-state index is 12.1. The normalized spacial score (nSPS) is 10.8. The lowest BCUT2D eigenvalue weighted by atomic mass is 10.2. The zero-order valence-corrected chi connectivity index (χ0v) is 16.6. The van der Waals surface area contributed by atoms with Gasteiger partial charge in [0.25, 0.3) is 5.22 Å². The van der Waals surface area contributed by atoms with Crippen molar-refractivity contribution < 1.29 is 9.21 Å². The van der Waals surface area contributed by atoms with Crippen LogP contribution in [0.25, 0.3) is 11.5 Å². The third kappa shape index (κ3) is 4.13. The summed E-state index contributed by atoms with van der Waals surface area (Å²) in [5.74, 6) is 0.992. The average Bonchev–Trinajstić information content (AvgIpc) is 3.38. The molecule has 4 aromatic rings. The molecular weight excluding hydrogens is 392 g/mol. The fourth-order valence-corrected chi connectivity index (χ4v) is 4.22. The van der Waals surface area contributed by atoms with E-state index in [-0.39, 0.29) is 5.91 Å². The molecule has 0 unspecified atom stereocenters. The summed E-state index contributed by atoms with van der Waals surface area (Å²) in [7, 11) is 0. The van der Waals surface area contributed by atoms with Gasteiger partial charge < -0.3 is 4.42 Å². The Hall–Kier alpha value is -2.97. The highest BCUT2D eigenvalue weighted by Gasteiger charge is 2.18. The molecule has 2 aromatic carbocycles. The second-order valence-corrected chi connectivity index (χ2v) is 7.60. The van der Waals surface area contributed by atoms with Gasteiger partial charge in [-0.1, -0.05) is 48.2 Å². The molecular formula is C20H16N4O2S2. The minimum absolute atomic E-state index is 0.0795. The van der Waals surface area contributed by atoms with Crippen LogP contribution in [0.4, 0.5) is 10.8 Å². The molecule has 1 amide bonds. The van der Waals surface area contributed by atoms with E-state index in [1.54, 1.807) is 4.90 Å². The molecule has 0 N–H and O–H groups in total. The van der Waals surface area contributed by atoms with Crippen molar-refractivity contribution >= 4 is 39.8 Å². The van der Waals surface area contributed by atoms with Gasteiger partial charge >= 0.3 is 0 Å². The minimum Gasteiger partial charge on any atom is -0.411 e. The minimum atomic E-state index is -0.0795. The number of hydrogen-bond acceptors (Lipinski definition) is 7. The summed E-state index contributed by atoms with van der Waals surface area (Å²) in [5, 5.41) is 11.2. The lowest BCUT2D eigenvalue weighted by molar-refractivity contribution is -0.115. The number of anilines is 2. The first-order valence-electron chi connectivity index (χ1n) is 8.52. The molecule has 28 heavy (non-hydrogen) atoms. The fraction of sp³-hybridized carbons (Fsp3) is 0.100. The van der Waals surface area contributed by atoms with Gasteiger partial charge in [-0.3, -0.25) is 9.69 Å². The van der Waals surface area contributed by atoms with Crippen molar-refractivity contribution in [1.29, 1.82) is 0 Å². The molecule has 8 heteroatoms. The van der Waals surface area contributed by atoms with Gasteiger partial charge in [0.15, 0.2) is 5.13 Å². The van der Waals surface area contributed by atoms with Crippen molar-refractivity contribution in [3.63, 3.8) is 0 Å². The number of carbonyl (C=O) groups excluding carboxylic acids is 1. The van der Waals surface area contributed by atoms with Crippen molar-refractivity contribution in [1.82, 2.24) is 15.2 Å². The Labute approximate surface area is 170 Å². The second-order valence-electron chi connectivity index (χ2n) is 5.84. The van der Waals surface area contributed by atoms with E-state index in [4.69, 9.17) is 4.42 Å². The summed E-state index contributed by atoms with van der Waals surface area (Å²) in [5.41, 5.74) is 2.54. The van der Waals surface area contributed by atoms with E-state index in [0.717, 1.165) is 16.9 Å². The molecule has 2 heterocycles. The second kappa shape index (κ2) is 8.37. The molecule has 0 bridgehead atoms. The first kappa shape index (κ1) is 18.4. The van der Waals surface area contributed by atoms with Crippen LogP contribution in [0, 0.1) is 0 Å². The van der Waals surface area contributed by atoms with Gasteiger partial charge in [-0.25, -0.2) is 4.98 Å². The summed E-state index contributed by atoms with van der Waals surface area (Å²) in [6, 6.07) is 19.1. The zero-order chi connectivity index (χ0) is 19.3. The first-order valence-corrected chi connectivity index (χ1v) is 10.4. The van der Waals surface area contributed by atoms with Crippen molar-refractivity contribution in [2.75, 3.05) is 4.90 Å². The Bertz CT molecular complexity index is 1060. The van der Waals surface area contributed by atoms with Crippen LogP contribution in [0.2, 0.25) is 0 Å². The van der Waals surface area contributed by atoms with Crippen LogP contribution >= 0.6 is 23.1 Å². The van der Waals surface area contributed by atoms with E-state index in [1.807, 2.05) is 66.0 Å². The Morgan fingerprint density at radius 1 is 1.07 bits per heavy atom. The van der Waals surface area contributed by atoms with Crippen LogP contribution in [0.1, 0.15) is 12.6 Å². The molecule has 0 atom stereocenters. The maximum atomic E-state index is 12.1. The van der Waals surface area contributed by atoms with E-state index < -0.39 is 0 Å². The Balaban J connectivity index is 1.45. The van der Waals surface area contributed by atoms with Crippen LogP contribution in [-0.2, 0) is 10.5 Å². The van der Waals surface area contributed by atoms with Crippen molar-refractivity contribution in [2.45, 2.75) is 17.9 Å². The topological polar surface area (TPSA) is 72.1 Å². The molecule has 0 saturated heterocycles. The predicted molar refractivity (Wildman–Crippen MR) is 111 cm³/mol. The third-order valence-corrected chi connectivity index (χ3v) is 5.56. The monoisotopic (exact) mass is 408 g/mol. The lowest BCUT2D eigenvalue weighted by Crippen LogP contribution is -2.22. The van der Waals surface area contributed by atoms with E-state index in [2.05, 4.69) is 15.2 Å². The Morgan fingerprint density at radius 3 is 2.50 bits per heavy atom. The highest BCUT2D eigenvalue weighted by Crippen LogP contribution is 2.31. The molecule has 2 aromatic heterocycles. The Kier molecular flexibility index (Phi) is 5.50. The number of thioether (sulfide) groups is 1. The molecule has 0 aliphatic heterocycles. The van der Waals surface area contributed by atoms with E-state index in [1.165, 1.54) is 30.0 Å². The van der Waals surface area contributed by atoms with Gasteiger partial charge in [-0.2, -0.15) is 0 Å². The molecule has 0 aliphatic carbocycles. The molecule has 0 radical (unpaired) electrons. The molecule has 0 saturated carbocycles. The van der Waals surface area contributed by atoms with Gasteiger partial charge in [0.2, 0.25) is 11.8 Å². The highest BCUT2D eigenvalue weighted by atomic mass is 32.2. The number of carbonyl (C=O) groups is 1. The van der Waals surface area contributed by atoms with E-state index in [0.29, 0.717) is 22.0 Å². The van der Waals surface area contributed by atoms with Crippen LogP contribution in [-0.4, -0.2) is 21.1 Å². The lowest BCUT2D eigenvalue weighted by Gasteiger charge is -2.17. The number of amides is 1. The largest absolute Gasteiger partial charge is 0.411 e. The van der Waals surface area contributed by atoms with Gasteiger partial charge in [-0.05, 0) is 24.3 Å². The number of benzene rings is 2. The van der Waals surface area contributed by atoms with E-state index >= 15 is 0 Å². The quantitative estimate of drug-likeness (QED) is 0.410. The number of para-hydroxylation sites is 1. The van der Waals surface area contributed by atoms with Crippen LogP contribution in [0.5, 0.6) is 0 Å². The van der Waals surface area contributed by atoms with Crippen molar-refractivity contribution in [3.05, 3.63) is 71.7 Å². The summed E-state index contributed by atoms with van der Waals surface area (Å²) in [6.45, 7) is 1.53. The molecule has 4 rings (SSSR count). The maximum Gasteiger partial charge on any atom is 0.277 e. The first-order chi connectivity index (χ1) is 13.7. The average molecular weight is 409 g/mol. The van der Waals surface area contributed by atoms with Crippen molar-refractivity contribution in [3.8, 4) is 11.5 Å². The van der Waals surface area contributed by atoms with Crippen molar-refractivity contribution in [2.24, 2.45) is 0 Å². The summed E-state index contributed by atoms with van der Waals surface area (Å²) in [4.78, 5) is 18.3. The van der Waals surface area contributed by atoms with Gasteiger partial charge in [-0.15, -0.1) is 21.5 Å². The van der Waals surface area contributed by atoms with E-state index in [9.17, 15) is 4.79 Å². The SMILES string of the molecule is CC(=O)N(c1ccccc1)c1nc(CSc2nnc(-c3ccccc3)o2)cs1. The van der Waals surface area contributed by atoms with Crippen LogP contribution in [0.15, 0.2) is 75.7 Å². The fourth-order valence-electron chi connectivity index (χ4n) is 2.57. The molecule has 6 nitrogen and oxygen atoms in total.